The van der Waals surface area contributed by atoms with Crippen LogP contribution in [0.5, 0.6) is 0 Å². The molecule has 2 aromatic heterocycles. The molecule has 2 aromatic carbocycles. The molecule has 0 bridgehead atoms. The molecule has 27 heavy (non-hydrogen) atoms. The number of hydrogen-bond acceptors (Lipinski definition) is 3. The van der Waals surface area contributed by atoms with E-state index in [9.17, 15) is 4.79 Å². The Hall–Kier alpha value is -3.27. The lowest BCUT2D eigenvalue weighted by Crippen LogP contribution is -2.21. The van der Waals surface area contributed by atoms with Gasteiger partial charge in [-0.25, -0.2) is 4.98 Å². The van der Waals surface area contributed by atoms with Crippen molar-refractivity contribution in [2.75, 3.05) is 0 Å². The molecule has 0 amide bonds. The largest absolute Gasteiger partial charge is 0.301 e. The second kappa shape index (κ2) is 7.16. The number of fused-ring (bicyclic) bond motifs is 1. The first kappa shape index (κ1) is 17.2. The van der Waals surface area contributed by atoms with Gasteiger partial charge in [0, 0.05) is 6.20 Å². The lowest BCUT2D eigenvalue weighted by molar-refractivity contribution is 0.786. The third-order valence-corrected chi connectivity index (χ3v) is 4.80. The lowest BCUT2D eigenvalue weighted by atomic mass is 9.96. The number of rotatable bonds is 4. The molecule has 0 radical (unpaired) electrons. The van der Waals surface area contributed by atoms with Crippen LogP contribution in [0.4, 0.5) is 0 Å². The third-order valence-electron chi connectivity index (χ3n) is 4.80. The molecule has 0 unspecified atom stereocenters. The summed E-state index contributed by atoms with van der Waals surface area (Å²) in [7, 11) is 0. The fraction of sp³-hybridized carbons (Fsp3) is 0.174. The third kappa shape index (κ3) is 3.51. The molecular weight excluding hydrogens is 334 g/mol. The smallest absolute Gasteiger partial charge is 0.269 e. The highest BCUT2D eigenvalue weighted by Crippen LogP contribution is 2.25. The maximum atomic E-state index is 12.4. The number of aromatic nitrogens is 3. The summed E-state index contributed by atoms with van der Waals surface area (Å²) < 4.78 is 1.74. The van der Waals surface area contributed by atoms with E-state index < -0.39 is 0 Å². The number of hydrogen-bond donors (Lipinski definition) is 0. The molecule has 0 fully saturated rings. The topological polar surface area (TPSA) is 47.8 Å². The molecule has 0 atom stereocenters. The van der Waals surface area contributed by atoms with Crippen LogP contribution in [0.1, 0.15) is 30.9 Å². The van der Waals surface area contributed by atoms with Crippen LogP contribution >= 0.6 is 0 Å². The zero-order valence-corrected chi connectivity index (χ0v) is 15.5. The van der Waals surface area contributed by atoms with Crippen LogP contribution in [0.15, 0.2) is 78.0 Å². The SMILES string of the molecule is CC(C)c1cccc(-c2cccc(Cn3c(=O)cnc4cnccc43)c2)c1. The van der Waals surface area contributed by atoms with E-state index in [1.165, 1.54) is 17.3 Å². The van der Waals surface area contributed by atoms with Crippen LogP contribution in [-0.2, 0) is 6.54 Å². The van der Waals surface area contributed by atoms with Gasteiger partial charge in [0.2, 0.25) is 0 Å². The Labute approximate surface area is 158 Å². The first-order valence-corrected chi connectivity index (χ1v) is 9.10. The minimum atomic E-state index is -0.110. The Balaban J connectivity index is 1.73. The van der Waals surface area contributed by atoms with Crippen LogP contribution in [0.25, 0.3) is 22.2 Å². The minimum Gasteiger partial charge on any atom is -0.301 e. The molecule has 4 nitrogen and oxygen atoms in total. The van der Waals surface area contributed by atoms with E-state index in [1.54, 1.807) is 17.0 Å². The summed E-state index contributed by atoms with van der Waals surface area (Å²) in [6.45, 7) is 4.90. The van der Waals surface area contributed by atoms with E-state index >= 15 is 0 Å². The summed E-state index contributed by atoms with van der Waals surface area (Å²) >= 11 is 0. The van der Waals surface area contributed by atoms with Gasteiger partial charge in [-0.05, 0) is 40.3 Å². The van der Waals surface area contributed by atoms with E-state index in [0.29, 0.717) is 12.5 Å². The zero-order valence-electron chi connectivity index (χ0n) is 15.5. The summed E-state index contributed by atoms with van der Waals surface area (Å²) in [5.74, 6) is 0.489. The molecule has 4 aromatic rings. The van der Waals surface area contributed by atoms with Gasteiger partial charge in [-0.1, -0.05) is 56.3 Å². The van der Waals surface area contributed by atoms with Gasteiger partial charge in [-0.3, -0.25) is 9.78 Å². The van der Waals surface area contributed by atoms with Crippen LogP contribution in [-0.4, -0.2) is 14.5 Å². The van der Waals surface area contributed by atoms with Gasteiger partial charge in [0.25, 0.3) is 5.56 Å². The van der Waals surface area contributed by atoms with E-state index in [4.69, 9.17) is 0 Å². The van der Waals surface area contributed by atoms with Gasteiger partial charge in [0.15, 0.2) is 0 Å². The molecular formula is C23H21N3O. The minimum absolute atomic E-state index is 0.110. The van der Waals surface area contributed by atoms with Crippen molar-refractivity contribution in [3.05, 3.63) is 94.7 Å². The second-order valence-corrected chi connectivity index (χ2v) is 7.03. The molecule has 0 aliphatic rings. The summed E-state index contributed by atoms with van der Waals surface area (Å²) in [5.41, 5.74) is 6.15. The molecule has 134 valence electrons. The van der Waals surface area contributed by atoms with Crippen molar-refractivity contribution in [3.8, 4) is 11.1 Å². The van der Waals surface area contributed by atoms with Crippen molar-refractivity contribution in [3.63, 3.8) is 0 Å². The Morgan fingerprint density at radius 3 is 2.56 bits per heavy atom. The first-order chi connectivity index (χ1) is 13.1. The van der Waals surface area contributed by atoms with Crippen LogP contribution in [0.2, 0.25) is 0 Å². The molecule has 0 spiro atoms. The highest BCUT2D eigenvalue weighted by atomic mass is 16.1. The Morgan fingerprint density at radius 2 is 1.74 bits per heavy atom. The Kier molecular flexibility index (Phi) is 4.55. The monoisotopic (exact) mass is 355 g/mol. The number of pyridine rings is 1. The van der Waals surface area contributed by atoms with Crippen molar-refractivity contribution >= 4 is 11.0 Å². The van der Waals surface area contributed by atoms with Gasteiger partial charge in [0.05, 0.1) is 24.5 Å². The quantitative estimate of drug-likeness (QED) is 0.536. The van der Waals surface area contributed by atoms with Crippen molar-refractivity contribution in [2.45, 2.75) is 26.3 Å². The molecule has 0 aliphatic heterocycles. The van der Waals surface area contributed by atoms with E-state index in [2.05, 4.69) is 66.3 Å². The first-order valence-electron chi connectivity index (χ1n) is 9.10. The fourth-order valence-electron chi connectivity index (χ4n) is 3.29. The van der Waals surface area contributed by atoms with Gasteiger partial charge >= 0.3 is 0 Å². The van der Waals surface area contributed by atoms with E-state index in [1.807, 2.05) is 12.1 Å². The fourth-order valence-corrected chi connectivity index (χ4v) is 3.29. The van der Waals surface area contributed by atoms with Gasteiger partial charge in [-0.2, -0.15) is 0 Å². The highest BCUT2D eigenvalue weighted by Gasteiger charge is 2.07. The van der Waals surface area contributed by atoms with Gasteiger partial charge in [-0.15, -0.1) is 0 Å². The van der Waals surface area contributed by atoms with Crippen molar-refractivity contribution in [1.29, 1.82) is 0 Å². The number of benzene rings is 2. The average Bonchev–Trinajstić information content (AvgIpc) is 2.70. The zero-order chi connectivity index (χ0) is 18.8. The summed E-state index contributed by atoms with van der Waals surface area (Å²) in [6.07, 6.45) is 4.73. The summed E-state index contributed by atoms with van der Waals surface area (Å²) in [5, 5.41) is 0. The lowest BCUT2D eigenvalue weighted by Gasteiger charge is -2.12. The van der Waals surface area contributed by atoms with Gasteiger partial charge in [0.1, 0.15) is 5.52 Å². The van der Waals surface area contributed by atoms with Crippen LogP contribution in [0, 0.1) is 0 Å². The van der Waals surface area contributed by atoms with Gasteiger partial charge < -0.3 is 4.57 Å². The van der Waals surface area contributed by atoms with Crippen molar-refractivity contribution < 1.29 is 0 Å². The van der Waals surface area contributed by atoms with Crippen molar-refractivity contribution in [2.24, 2.45) is 0 Å². The standard InChI is InChI=1S/C23H21N3O/c1-16(2)18-6-4-8-20(12-18)19-7-3-5-17(11-19)15-26-22-9-10-24-13-21(22)25-14-23(26)27/h3-14,16H,15H2,1-2H3. The molecule has 4 heteroatoms. The maximum Gasteiger partial charge on any atom is 0.269 e. The predicted molar refractivity (Wildman–Crippen MR) is 109 cm³/mol. The Morgan fingerprint density at radius 1 is 0.963 bits per heavy atom. The van der Waals surface area contributed by atoms with Crippen molar-refractivity contribution in [1.82, 2.24) is 14.5 Å². The maximum absolute atomic E-state index is 12.4. The molecule has 0 aliphatic carbocycles. The molecule has 2 heterocycles. The summed E-state index contributed by atoms with van der Waals surface area (Å²) in [6, 6.07) is 18.8. The normalized spacial score (nSPS) is 11.2. The van der Waals surface area contributed by atoms with E-state index in [0.717, 1.165) is 22.2 Å². The molecule has 4 rings (SSSR count). The predicted octanol–water partition coefficient (Wildman–Crippen LogP) is 4.63. The second-order valence-electron chi connectivity index (χ2n) is 7.03. The number of nitrogens with zero attached hydrogens (tertiary/aromatic N) is 3. The van der Waals surface area contributed by atoms with Crippen LogP contribution < -0.4 is 5.56 Å². The summed E-state index contributed by atoms with van der Waals surface area (Å²) in [4.78, 5) is 20.7. The van der Waals surface area contributed by atoms with E-state index in [-0.39, 0.29) is 5.56 Å². The molecule has 0 N–H and O–H groups in total. The van der Waals surface area contributed by atoms with Crippen LogP contribution in [0.3, 0.4) is 0 Å². The molecule has 0 saturated heterocycles. The Bertz CT molecular complexity index is 1160. The highest BCUT2D eigenvalue weighted by molar-refractivity contribution is 5.73. The molecule has 0 saturated carbocycles. The average molecular weight is 355 g/mol.